The number of nitrogens with zero attached hydrogens (tertiary/aromatic N) is 2. The lowest BCUT2D eigenvalue weighted by atomic mass is 10.2. The Bertz CT molecular complexity index is 802. The monoisotopic (exact) mass is 359 g/mol. The highest BCUT2D eigenvalue weighted by molar-refractivity contribution is 7.15. The number of nitrogens with one attached hydrogen (secondary N) is 1. The van der Waals surface area contributed by atoms with Gasteiger partial charge in [0.1, 0.15) is 15.9 Å². The lowest BCUT2D eigenvalue weighted by Gasteiger charge is -2.09. The quantitative estimate of drug-likeness (QED) is 0.610. The zero-order valence-corrected chi connectivity index (χ0v) is 15.1. The van der Waals surface area contributed by atoms with Gasteiger partial charge >= 0.3 is 0 Å². The van der Waals surface area contributed by atoms with E-state index in [0.717, 1.165) is 26.9 Å². The molecule has 0 saturated heterocycles. The van der Waals surface area contributed by atoms with Gasteiger partial charge in [0.05, 0.1) is 12.6 Å². The van der Waals surface area contributed by atoms with Crippen LogP contribution < -0.4 is 10.1 Å². The summed E-state index contributed by atoms with van der Waals surface area (Å²) < 4.78 is 5.66. The van der Waals surface area contributed by atoms with E-state index in [0.29, 0.717) is 11.7 Å². The second kappa shape index (κ2) is 7.64. The number of hydrogen-bond acceptors (Lipinski definition) is 5. The number of anilines is 1. The second-order valence-electron chi connectivity index (χ2n) is 5.54. The molecule has 3 aromatic rings. The minimum absolute atomic E-state index is 0.176. The minimum atomic E-state index is 0.176. The SMILES string of the molecule is CC(C)Oc1ccc(-c2ncc(CNc3ccnc(Cl)c3)s2)cc1. The second-order valence-corrected chi connectivity index (χ2v) is 7.05. The van der Waals surface area contributed by atoms with Gasteiger partial charge in [0, 0.05) is 28.5 Å². The molecule has 0 aliphatic rings. The summed E-state index contributed by atoms with van der Waals surface area (Å²) in [5, 5.41) is 4.80. The molecule has 6 heteroatoms. The fourth-order valence-electron chi connectivity index (χ4n) is 2.17. The Morgan fingerprint density at radius 1 is 1.17 bits per heavy atom. The van der Waals surface area contributed by atoms with Crippen molar-refractivity contribution in [2.45, 2.75) is 26.5 Å². The number of rotatable bonds is 6. The highest BCUT2D eigenvalue weighted by atomic mass is 35.5. The van der Waals surface area contributed by atoms with Crippen molar-refractivity contribution in [2.24, 2.45) is 0 Å². The van der Waals surface area contributed by atoms with E-state index in [9.17, 15) is 0 Å². The number of hydrogen-bond donors (Lipinski definition) is 1. The molecule has 1 N–H and O–H groups in total. The maximum Gasteiger partial charge on any atom is 0.131 e. The molecule has 124 valence electrons. The summed E-state index contributed by atoms with van der Waals surface area (Å²) >= 11 is 7.55. The van der Waals surface area contributed by atoms with Gasteiger partial charge in [-0.1, -0.05) is 11.6 Å². The Labute approximate surface area is 150 Å². The van der Waals surface area contributed by atoms with Crippen molar-refractivity contribution in [3.8, 4) is 16.3 Å². The number of thiazole rings is 1. The highest BCUT2D eigenvalue weighted by Gasteiger charge is 2.06. The normalized spacial score (nSPS) is 10.8. The summed E-state index contributed by atoms with van der Waals surface area (Å²) in [6.07, 6.45) is 3.76. The standard InChI is InChI=1S/C18H18ClN3OS/c1-12(2)23-15-5-3-13(4-6-15)18-22-11-16(24-18)10-21-14-7-8-20-17(19)9-14/h3-9,11-12H,10H2,1-2H3,(H,20,21). The zero-order valence-electron chi connectivity index (χ0n) is 13.5. The van der Waals surface area contributed by atoms with E-state index < -0.39 is 0 Å². The largest absolute Gasteiger partial charge is 0.491 e. The van der Waals surface area contributed by atoms with E-state index in [2.05, 4.69) is 15.3 Å². The van der Waals surface area contributed by atoms with Crippen molar-refractivity contribution in [3.63, 3.8) is 0 Å². The van der Waals surface area contributed by atoms with Crippen molar-refractivity contribution < 1.29 is 4.74 Å². The molecule has 3 rings (SSSR count). The molecule has 0 aliphatic heterocycles. The molecule has 0 amide bonds. The van der Waals surface area contributed by atoms with E-state index in [1.807, 2.05) is 50.4 Å². The van der Waals surface area contributed by atoms with Gasteiger partial charge in [0.25, 0.3) is 0 Å². The lowest BCUT2D eigenvalue weighted by Crippen LogP contribution is -2.05. The van der Waals surface area contributed by atoms with Gasteiger partial charge in [-0.05, 0) is 50.2 Å². The van der Waals surface area contributed by atoms with Crippen molar-refractivity contribution in [1.82, 2.24) is 9.97 Å². The predicted molar refractivity (Wildman–Crippen MR) is 99.9 cm³/mol. The molecule has 2 aromatic heterocycles. The van der Waals surface area contributed by atoms with Gasteiger partial charge in [-0.3, -0.25) is 0 Å². The average Bonchev–Trinajstić information content (AvgIpc) is 3.02. The van der Waals surface area contributed by atoms with Gasteiger partial charge in [0.2, 0.25) is 0 Å². The van der Waals surface area contributed by atoms with Crippen LogP contribution in [0.5, 0.6) is 5.75 Å². The molecule has 0 spiro atoms. The van der Waals surface area contributed by atoms with Crippen molar-refractivity contribution >= 4 is 28.6 Å². The molecule has 24 heavy (non-hydrogen) atoms. The smallest absolute Gasteiger partial charge is 0.131 e. The third kappa shape index (κ3) is 4.46. The van der Waals surface area contributed by atoms with E-state index >= 15 is 0 Å². The predicted octanol–water partition coefficient (Wildman–Crippen LogP) is 5.26. The third-order valence-corrected chi connectivity index (χ3v) is 4.47. The van der Waals surface area contributed by atoms with Crippen LogP contribution in [0, 0.1) is 0 Å². The summed E-state index contributed by atoms with van der Waals surface area (Å²) in [6, 6.07) is 11.7. The molecule has 4 nitrogen and oxygen atoms in total. The molecule has 2 heterocycles. The maximum atomic E-state index is 5.88. The van der Waals surface area contributed by atoms with Crippen LogP contribution in [0.2, 0.25) is 5.15 Å². The fraction of sp³-hybridized carbons (Fsp3) is 0.222. The first-order chi connectivity index (χ1) is 11.6. The van der Waals surface area contributed by atoms with E-state index in [1.165, 1.54) is 0 Å². The van der Waals surface area contributed by atoms with E-state index in [1.54, 1.807) is 23.6 Å². The number of halogens is 1. The van der Waals surface area contributed by atoms with Gasteiger partial charge in [-0.2, -0.15) is 0 Å². The first kappa shape index (κ1) is 16.7. The van der Waals surface area contributed by atoms with Gasteiger partial charge in [0.15, 0.2) is 0 Å². The molecular formula is C18H18ClN3OS. The molecule has 0 fully saturated rings. The fourth-order valence-corrected chi connectivity index (χ4v) is 3.20. The van der Waals surface area contributed by atoms with Crippen LogP contribution in [-0.4, -0.2) is 16.1 Å². The van der Waals surface area contributed by atoms with Crippen LogP contribution in [0.25, 0.3) is 10.6 Å². The number of benzene rings is 1. The number of aromatic nitrogens is 2. The van der Waals surface area contributed by atoms with Crippen LogP contribution in [0.1, 0.15) is 18.7 Å². The van der Waals surface area contributed by atoms with E-state index in [-0.39, 0.29) is 6.10 Å². The first-order valence-corrected chi connectivity index (χ1v) is 8.87. The Kier molecular flexibility index (Phi) is 5.33. The van der Waals surface area contributed by atoms with Crippen LogP contribution in [0.3, 0.4) is 0 Å². The summed E-state index contributed by atoms with van der Waals surface area (Å²) in [5.41, 5.74) is 2.04. The number of ether oxygens (including phenoxy) is 1. The molecule has 0 radical (unpaired) electrons. The van der Waals surface area contributed by atoms with Gasteiger partial charge < -0.3 is 10.1 Å². The summed E-state index contributed by atoms with van der Waals surface area (Å²) in [7, 11) is 0. The van der Waals surface area contributed by atoms with Crippen molar-refractivity contribution in [2.75, 3.05) is 5.32 Å². The Balaban J connectivity index is 1.64. The average molecular weight is 360 g/mol. The summed E-state index contributed by atoms with van der Waals surface area (Å²) in [5.74, 6) is 0.877. The molecule has 0 unspecified atom stereocenters. The van der Waals surface area contributed by atoms with Crippen molar-refractivity contribution in [1.29, 1.82) is 0 Å². The van der Waals surface area contributed by atoms with Gasteiger partial charge in [-0.25, -0.2) is 9.97 Å². The Morgan fingerprint density at radius 3 is 2.67 bits per heavy atom. The summed E-state index contributed by atoms with van der Waals surface area (Å²) in [6.45, 7) is 4.74. The topological polar surface area (TPSA) is 47.0 Å². The molecule has 0 saturated carbocycles. The molecule has 1 aromatic carbocycles. The third-order valence-electron chi connectivity index (χ3n) is 3.22. The first-order valence-electron chi connectivity index (χ1n) is 7.67. The zero-order chi connectivity index (χ0) is 16.9. The molecule has 0 bridgehead atoms. The van der Waals surface area contributed by atoms with Crippen molar-refractivity contribution in [3.05, 3.63) is 58.8 Å². The maximum absolute atomic E-state index is 5.88. The van der Waals surface area contributed by atoms with Gasteiger partial charge in [-0.15, -0.1) is 11.3 Å². The highest BCUT2D eigenvalue weighted by Crippen LogP contribution is 2.27. The Hall–Kier alpha value is -2.11. The molecule has 0 atom stereocenters. The summed E-state index contributed by atoms with van der Waals surface area (Å²) in [4.78, 5) is 9.63. The van der Waals surface area contributed by atoms with Crippen LogP contribution >= 0.6 is 22.9 Å². The molecular weight excluding hydrogens is 342 g/mol. The van der Waals surface area contributed by atoms with Crippen LogP contribution in [0.4, 0.5) is 5.69 Å². The number of pyridine rings is 1. The van der Waals surface area contributed by atoms with Crippen LogP contribution in [0.15, 0.2) is 48.8 Å². The van der Waals surface area contributed by atoms with Crippen LogP contribution in [-0.2, 0) is 6.54 Å². The lowest BCUT2D eigenvalue weighted by molar-refractivity contribution is 0.242. The molecule has 0 aliphatic carbocycles. The minimum Gasteiger partial charge on any atom is -0.491 e. The van der Waals surface area contributed by atoms with E-state index in [4.69, 9.17) is 16.3 Å². The Morgan fingerprint density at radius 2 is 1.96 bits per heavy atom.